The van der Waals surface area contributed by atoms with Crippen molar-refractivity contribution < 1.29 is 0 Å². The van der Waals surface area contributed by atoms with Gasteiger partial charge < -0.3 is 10.3 Å². The first-order valence-electron chi connectivity index (χ1n) is 7.43. The van der Waals surface area contributed by atoms with Crippen molar-refractivity contribution in [1.29, 1.82) is 0 Å². The van der Waals surface area contributed by atoms with Gasteiger partial charge in [-0.2, -0.15) is 5.10 Å². The molecule has 0 atom stereocenters. The fraction of sp³-hybridized carbons (Fsp3) is 0.188. The van der Waals surface area contributed by atoms with E-state index in [9.17, 15) is 0 Å². The molecule has 3 N–H and O–H groups in total. The van der Waals surface area contributed by atoms with E-state index in [1.807, 2.05) is 18.3 Å². The highest BCUT2D eigenvalue weighted by Crippen LogP contribution is 2.33. The van der Waals surface area contributed by atoms with Gasteiger partial charge in [-0.15, -0.1) is 0 Å². The summed E-state index contributed by atoms with van der Waals surface area (Å²) in [6, 6.07) is 6.12. The van der Waals surface area contributed by atoms with Crippen molar-refractivity contribution >= 4 is 33.4 Å². The zero-order valence-corrected chi connectivity index (χ0v) is 11.8. The molecular formula is C16H14N6. The first-order valence-corrected chi connectivity index (χ1v) is 7.43. The number of nitrogens with one attached hydrogen (secondary N) is 3. The topological polar surface area (TPSA) is 82.3 Å². The lowest BCUT2D eigenvalue weighted by atomic mass is 10.2. The summed E-state index contributed by atoms with van der Waals surface area (Å²) < 4.78 is 0. The number of aromatic amines is 2. The van der Waals surface area contributed by atoms with Crippen molar-refractivity contribution in [2.24, 2.45) is 0 Å². The molecule has 0 bridgehead atoms. The lowest BCUT2D eigenvalue weighted by Crippen LogP contribution is -1.96. The molecule has 108 valence electrons. The van der Waals surface area contributed by atoms with Crippen LogP contribution in [0.3, 0.4) is 0 Å². The zero-order valence-electron chi connectivity index (χ0n) is 11.8. The number of benzene rings is 1. The molecule has 0 spiro atoms. The first kappa shape index (κ1) is 11.7. The molecule has 1 aromatic carbocycles. The van der Waals surface area contributed by atoms with Gasteiger partial charge in [-0.05, 0) is 43.0 Å². The van der Waals surface area contributed by atoms with Gasteiger partial charge in [0.2, 0.25) is 0 Å². The Labute approximate surface area is 126 Å². The Hall–Kier alpha value is -2.89. The predicted octanol–water partition coefficient (Wildman–Crippen LogP) is 3.07. The van der Waals surface area contributed by atoms with Gasteiger partial charge in [-0.3, -0.25) is 5.10 Å². The van der Waals surface area contributed by atoms with E-state index >= 15 is 0 Å². The highest BCUT2D eigenvalue weighted by Gasteiger charge is 2.20. The predicted molar refractivity (Wildman–Crippen MR) is 85.3 cm³/mol. The van der Waals surface area contributed by atoms with Crippen LogP contribution in [0.15, 0.2) is 30.7 Å². The van der Waals surface area contributed by atoms with Crippen LogP contribution in [0.2, 0.25) is 0 Å². The summed E-state index contributed by atoms with van der Waals surface area (Å²) in [4.78, 5) is 12.2. The standard InChI is InChI=1S/C16H14N6/c1-2-11-13(3-1)21-16-14(11)15(17-8-18-16)20-10-4-5-12-9(6-10)7-19-22-12/h4-8H,1-3H2,(H,19,22)(H2,17,18,20,21). The Balaban J connectivity index is 1.64. The minimum atomic E-state index is 0.868. The average molecular weight is 290 g/mol. The zero-order chi connectivity index (χ0) is 14.5. The van der Waals surface area contributed by atoms with Crippen LogP contribution in [0, 0.1) is 0 Å². The van der Waals surface area contributed by atoms with Gasteiger partial charge >= 0.3 is 0 Å². The summed E-state index contributed by atoms with van der Waals surface area (Å²) in [5.41, 5.74) is 5.63. The van der Waals surface area contributed by atoms with Crippen molar-refractivity contribution in [1.82, 2.24) is 25.1 Å². The van der Waals surface area contributed by atoms with Gasteiger partial charge in [-0.25, -0.2) is 9.97 Å². The fourth-order valence-corrected chi connectivity index (χ4v) is 3.32. The van der Waals surface area contributed by atoms with Crippen LogP contribution >= 0.6 is 0 Å². The van der Waals surface area contributed by atoms with Gasteiger partial charge in [0.05, 0.1) is 17.1 Å². The Morgan fingerprint density at radius 2 is 2.14 bits per heavy atom. The molecule has 0 saturated heterocycles. The molecule has 6 heteroatoms. The highest BCUT2D eigenvalue weighted by atomic mass is 15.1. The van der Waals surface area contributed by atoms with Gasteiger partial charge in [0.25, 0.3) is 0 Å². The lowest BCUT2D eigenvalue weighted by molar-refractivity contribution is 0.897. The van der Waals surface area contributed by atoms with Crippen LogP contribution in [0.1, 0.15) is 17.7 Å². The average Bonchev–Trinajstić information content (AvgIpc) is 3.21. The Morgan fingerprint density at radius 3 is 3.14 bits per heavy atom. The van der Waals surface area contributed by atoms with Crippen LogP contribution in [0.4, 0.5) is 11.5 Å². The number of H-pyrrole nitrogens is 2. The van der Waals surface area contributed by atoms with E-state index in [0.717, 1.165) is 46.3 Å². The third-order valence-electron chi connectivity index (χ3n) is 4.34. The van der Waals surface area contributed by atoms with Crippen LogP contribution in [0.5, 0.6) is 0 Å². The second kappa shape index (κ2) is 4.30. The summed E-state index contributed by atoms with van der Waals surface area (Å²) in [6.45, 7) is 0. The van der Waals surface area contributed by atoms with Gasteiger partial charge in [-0.1, -0.05) is 0 Å². The second-order valence-corrected chi connectivity index (χ2v) is 5.68. The molecule has 3 heterocycles. The van der Waals surface area contributed by atoms with E-state index in [0.29, 0.717) is 0 Å². The summed E-state index contributed by atoms with van der Waals surface area (Å²) in [6.07, 6.45) is 6.83. The molecule has 0 radical (unpaired) electrons. The molecule has 3 aromatic heterocycles. The van der Waals surface area contributed by atoms with Gasteiger partial charge in [0.15, 0.2) is 0 Å². The monoisotopic (exact) mass is 290 g/mol. The minimum absolute atomic E-state index is 0.868. The van der Waals surface area contributed by atoms with E-state index in [1.165, 1.54) is 17.7 Å². The van der Waals surface area contributed by atoms with Crippen molar-refractivity contribution in [3.05, 3.63) is 42.0 Å². The Bertz CT molecular complexity index is 996. The molecule has 0 amide bonds. The molecule has 0 saturated carbocycles. The van der Waals surface area contributed by atoms with E-state index in [-0.39, 0.29) is 0 Å². The second-order valence-electron chi connectivity index (χ2n) is 5.68. The molecule has 22 heavy (non-hydrogen) atoms. The molecule has 0 unspecified atom stereocenters. The maximum Gasteiger partial charge on any atom is 0.143 e. The summed E-state index contributed by atoms with van der Waals surface area (Å²) in [7, 11) is 0. The van der Waals surface area contributed by atoms with E-state index in [2.05, 4.69) is 36.5 Å². The molecule has 5 rings (SSSR count). The quantitative estimate of drug-likeness (QED) is 0.530. The SMILES string of the molecule is c1nc(Nc2ccc3[nH]ncc3c2)c2c3c([nH]c2n1)CCC3. The van der Waals surface area contributed by atoms with Crippen molar-refractivity contribution in [2.45, 2.75) is 19.3 Å². The molecule has 1 aliphatic rings. The molecule has 0 aliphatic heterocycles. The molecule has 1 aliphatic carbocycles. The third-order valence-corrected chi connectivity index (χ3v) is 4.34. The first-order chi connectivity index (χ1) is 10.9. The summed E-state index contributed by atoms with van der Waals surface area (Å²) in [5.74, 6) is 0.868. The molecule has 0 fully saturated rings. The number of fused-ring (bicyclic) bond motifs is 4. The Morgan fingerprint density at radius 1 is 1.14 bits per heavy atom. The van der Waals surface area contributed by atoms with E-state index < -0.39 is 0 Å². The smallest absolute Gasteiger partial charge is 0.143 e. The molecular weight excluding hydrogens is 276 g/mol. The molecule has 6 nitrogen and oxygen atoms in total. The minimum Gasteiger partial charge on any atom is -0.343 e. The lowest BCUT2D eigenvalue weighted by Gasteiger charge is -2.07. The van der Waals surface area contributed by atoms with Crippen LogP contribution in [0.25, 0.3) is 21.9 Å². The summed E-state index contributed by atoms with van der Waals surface area (Å²) in [5, 5.41) is 12.7. The van der Waals surface area contributed by atoms with Crippen molar-refractivity contribution in [3.63, 3.8) is 0 Å². The number of aromatic nitrogens is 5. The van der Waals surface area contributed by atoms with Crippen LogP contribution in [-0.2, 0) is 12.8 Å². The van der Waals surface area contributed by atoms with Crippen molar-refractivity contribution in [2.75, 3.05) is 5.32 Å². The summed E-state index contributed by atoms with van der Waals surface area (Å²) >= 11 is 0. The number of rotatable bonds is 2. The van der Waals surface area contributed by atoms with Crippen LogP contribution in [-0.4, -0.2) is 25.1 Å². The number of aryl methyl sites for hydroxylation is 2. The van der Waals surface area contributed by atoms with Crippen LogP contribution < -0.4 is 5.32 Å². The number of hydrogen-bond donors (Lipinski definition) is 3. The normalized spacial score (nSPS) is 13.8. The maximum absolute atomic E-state index is 4.45. The Kier molecular flexibility index (Phi) is 2.29. The maximum atomic E-state index is 4.45. The van der Waals surface area contributed by atoms with Gasteiger partial charge in [0.1, 0.15) is 17.8 Å². The van der Waals surface area contributed by atoms with Gasteiger partial charge in [0, 0.05) is 16.8 Å². The number of nitrogens with zero attached hydrogens (tertiary/aromatic N) is 3. The fourth-order valence-electron chi connectivity index (χ4n) is 3.32. The van der Waals surface area contributed by atoms with Crippen molar-refractivity contribution in [3.8, 4) is 0 Å². The highest BCUT2D eigenvalue weighted by molar-refractivity contribution is 5.94. The number of anilines is 2. The number of hydrogen-bond acceptors (Lipinski definition) is 4. The van der Waals surface area contributed by atoms with E-state index in [1.54, 1.807) is 6.33 Å². The van der Waals surface area contributed by atoms with E-state index in [4.69, 9.17) is 0 Å². The largest absolute Gasteiger partial charge is 0.343 e. The third kappa shape index (κ3) is 1.64. The molecule has 4 aromatic rings.